The molecule has 0 bridgehead atoms. The molecule has 0 radical (unpaired) electrons. The van der Waals surface area contributed by atoms with Crippen molar-refractivity contribution in [3.8, 4) is 11.5 Å². The van der Waals surface area contributed by atoms with E-state index in [4.69, 9.17) is 0 Å². The lowest BCUT2D eigenvalue weighted by atomic mass is 10.0. The molecule has 2 heteroatoms. The van der Waals surface area contributed by atoms with E-state index in [1.807, 2.05) is 12.1 Å². The van der Waals surface area contributed by atoms with Gasteiger partial charge in [-0.25, -0.2) is 0 Å². The van der Waals surface area contributed by atoms with Crippen LogP contribution in [0.4, 0.5) is 0 Å². The number of aryl methyl sites for hydroxylation is 2. The van der Waals surface area contributed by atoms with Crippen molar-refractivity contribution in [2.24, 2.45) is 0 Å². The number of hydrogen-bond acceptors (Lipinski definition) is 2. The van der Waals surface area contributed by atoms with E-state index < -0.39 is 0 Å². The number of phenolic OH excluding ortho intramolecular Hbond substituents is 2. The zero-order valence-electron chi connectivity index (χ0n) is 17.0. The highest BCUT2D eigenvalue weighted by Gasteiger charge is 2.03. The zero-order valence-corrected chi connectivity index (χ0v) is 17.0. The molecular weight excluding hydrogens is 320 g/mol. The number of rotatable bonds is 8. The molecule has 0 atom stereocenters. The number of phenols is 2. The van der Waals surface area contributed by atoms with Gasteiger partial charge in [-0.2, -0.15) is 0 Å². The molecule has 0 unspecified atom stereocenters. The highest BCUT2D eigenvalue weighted by atomic mass is 16.3. The lowest BCUT2D eigenvalue weighted by Crippen LogP contribution is -1.90. The Morgan fingerprint density at radius 3 is 1.31 bits per heavy atom. The normalized spacial score (nSPS) is 10.3. The monoisotopic (exact) mass is 356 g/mol. The summed E-state index contributed by atoms with van der Waals surface area (Å²) in [6.45, 7) is 8.50. The van der Waals surface area contributed by atoms with Crippen LogP contribution in [0.5, 0.6) is 11.5 Å². The second kappa shape index (κ2) is 12.4. The van der Waals surface area contributed by atoms with Gasteiger partial charge in [0.15, 0.2) is 0 Å². The van der Waals surface area contributed by atoms with Gasteiger partial charge in [-0.15, -0.1) is 0 Å². The maximum absolute atomic E-state index is 9.59. The van der Waals surface area contributed by atoms with Crippen LogP contribution < -0.4 is 0 Å². The van der Waals surface area contributed by atoms with Crippen LogP contribution in [-0.4, -0.2) is 10.2 Å². The number of hydrogen-bond donors (Lipinski definition) is 2. The number of benzene rings is 2. The van der Waals surface area contributed by atoms with Crippen LogP contribution in [-0.2, 0) is 12.8 Å². The van der Waals surface area contributed by atoms with Gasteiger partial charge in [0.05, 0.1) is 0 Å². The van der Waals surface area contributed by atoms with Crippen LogP contribution >= 0.6 is 0 Å². The summed E-state index contributed by atoms with van der Waals surface area (Å²) < 4.78 is 0. The average molecular weight is 357 g/mol. The van der Waals surface area contributed by atoms with Gasteiger partial charge in [-0.1, -0.05) is 63.8 Å². The molecule has 0 aromatic heterocycles. The van der Waals surface area contributed by atoms with Crippen LogP contribution in [0.2, 0.25) is 0 Å². The maximum atomic E-state index is 9.59. The highest BCUT2D eigenvalue weighted by Crippen LogP contribution is 2.23. The van der Waals surface area contributed by atoms with Crippen molar-refractivity contribution < 1.29 is 10.2 Å². The minimum atomic E-state index is 0.455. The van der Waals surface area contributed by atoms with E-state index in [9.17, 15) is 10.2 Å². The third-order valence-corrected chi connectivity index (χ3v) is 4.83. The molecule has 0 saturated heterocycles. The van der Waals surface area contributed by atoms with E-state index >= 15 is 0 Å². The van der Waals surface area contributed by atoms with Gasteiger partial charge < -0.3 is 10.2 Å². The lowest BCUT2D eigenvalue weighted by molar-refractivity contribution is 0.465. The first kappa shape index (κ1) is 22.1. The molecule has 0 amide bonds. The Morgan fingerprint density at radius 1 is 0.615 bits per heavy atom. The third-order valence-electron chi connectivity index (χ3n) is 4.83. The summed E-state index contributed by atoms with van der Waals surface area (Å²) in [5, 5.41) is 19.2. The average Bonchev–Trinajstić information content (AvgIpc) is 2.61. The molecule has 0 aliphatic heterocycles. The van der Waals surface area contributed by atoms with Crippen molar-refractivity contribution in [1.82, 2.24) is 0 Å². The maximum Gasteiger partial charge on any atom is 0.119 e. The third kappa shape index (κ3) is 7.51. The molecule has 2 N–H and O–H groups in total. The Kier molecular flexibility index (Phi) is 10.5. The van der Waals surface area contributed by atoms with E-state index in [1.54, 1.807) is 12.1 Å². The molecule has 0 aliphatic rings. The fourth-order valence-corrected chi connectivity index (χ4v) is 3.13. The van der Waals surface area contributed by atoms with Crippen molar-refractivity contribution in [1.29, 1.82) is 0 Å². The van der Waals surface area contributed by atoms with Gasteiger partial charge in [0.2, 0.25) is 0 Å². The number of unbranched alkanes of at least 4 members (excludes halogenated alkanes) is 4. The van der Waals surface area contributed by atoms with Crippen LogP contribution in [0.25, 0.3) is 0 Å². The first-order valence-electron chi connectivity index (χ1n) is 10.1. The van der Waals surface area contributed by atoms with E-state index in [1.165, 1.54) is 49.7 Å². The molecule has 0 heterocycles. The van der Waals surface area contributed by atoms with Gasteiger partial charge >= 0.3 is 0 Å². The molecule has 2 nitrogen and oxygen atoms in total. The van der Waals surface area contributed by atoms with Crippen molar-refractivity contribution in [3.63, 3.8) is 0 Å². The molecule has 2 aromatic rings. The predicted molar refractivity (Wildman–Crippen MR) is 112 cm³/mol. The van der Waals surface area contributed by atoms with Gasteiger partial charge in [0, 0.05) is 0 Å². The minimum absolute atomic E-state index is 0.455. The second-order valence-corrected chi connectivity index (χ2v) is 7.06. The molecule has 0 aliphatic carbocycles. The van der Waals surface area contributed by atoms with Crippen molar-refractivity contribution in [2.75, 3.05) is 0 Å². The largest absolute Gasteiger partial charge is 0.508 e. The predicted octanol–water partition coefficient (Wildman–Crippen LogP) is 6.87. The molecule has 26 heavy (non-hydrogen) atoms. The van der Waals surface area contributed by atoms with Crippen LogP contribution in [0.1, 0.15) is 74.6 Å². The Morgan fingerprint density at radius 2 is 1.00 bits per heavy atom. The minimum Gasteiger partial charge on any atom is -0.508 e. The molecule has 0 fully saturated rings. The summed E-state index contributed by atoms with van der Waals surface area (Å²) in [6.07, 6.45) is 9.31. The summed E-state index contributed by atoms with van der Waals surface area (Å²) in [5.74, 6) is 0.909. The summed E-state index contributed by atoms with van der Waals surface area (Å²) in [5.41, 5.74) is 4.65. The molecular formula is C24H36O2. The second-order valence-electron chi connectivity index (χ2n) is 7.06. The van der Waals surface area contributed by atoms with Gasteiger partial charge in [-0.3, -0.25) is 0 Å². The fourth-order valence-electron chi connectivity index (χ4n) is 3.13. The van der Waals surface area contributed by atoms with E-state index in [-0.39, 0.29) is 0 Å². The summed E-state index contributed by atoms with van der Waals surface area (Å²) in [6, 6.07) is 11.5. The Hall–Kier alpha value is -1.96. The first-order valence-corrected chi connectivity index (χ1v) is 10.1. The quantitative estimate of drug-likeness (QED) is 0.507. The van der Waals surface area contributed by atoms with Crippen LogP contribution in [0, 0.1) is 13.8 Å². The van der Waals surface area contributed by atoms with Crippen molar-refractivity contribution >= 4 is 0 Å². The summed E-state index contributed by atoms with van der Waals surface area (Å²) in [7, 11) is 0. The van der Waals surface area contributed by atoms with Crippen LogP contribution in [0.3, 0.4) is 0 Å². The van der Waals surface area contributed by atoms with Gasteiger partial charge in [0.25, 0.3) is 0 Å². The van der Waals surface area contributed by atoms with Crippen molar-refractivity contribution in [3.05, 3.63) is 58.7 Å². The Balaban J connectivity index is 0.000000260. The first-order chi connectivity index (χ1) is 12.5. The Bertz CT molecular complexity index is 549. The van der Waals surface area contributed by atoms with Gasteiger partial charge in [-0.05, 0) is 73.9 Å². The topological polar surface area (TPSA) is 40.5 Å². The fraction of sp³-hybridized carbons (Fsp3) is 0.500. The zero-order chi connectivity index (χ0) is 19.4. The van der Waals surface area contributed by atoms with E-state index in [2.05, 4.69) is 39.8 Å². The van der Waals surface area contributed by atoms with Crippen molar-refractivity contribution in [2.45, 2.75) is 79.1 Å². The summed E-state index contributed by atoms with van der Waals surface area (Å²) in [4.78, 5) is 0. The number of aromatic hydroxyl groups is 2. The van der Waals surface area contributed by atoms with Crippen LogP contribution in [0.15, 0.2) is 36.4 Å². The van der Waals surface area contributed by atoms with E-state index in [0.29, 0.717) is 11.5 Å². The molecule has 0 saturated carbocycles. The molecule has 0 spiro atoms. The highest BCUT2D eigenvalue weighted by molar-refractivity contribution is 5.39. The SMILES string of the molecule is CCCCCc1c(C)cccc1O.CCCCCc1c(C)cccc1O. The lowest BCUT2D eigenvalue weighted by Gasteiger charge is -2.07. The Labute approximate surface area is 159 Å². The standard InChI is InChI=1S/2C12H18O/c2*1-3-4-5-8-11-10(2)7-6-9-12(11)13/h2*6-7,9,13H,3-5,8H2,1-2H3. The van der Waals surface area contributed by atoms with Gasteiger partial charge in [0.1, 0.15) is 11.5 Å². The summed E-state index contributed by atoms with van der Waals surface area (Å²) >= 11 is 0. The smallest absolute Gasteiger partial charge is 0.119 e. The molecule has 2 aromatic carbocycles. The molecule has 144 valence electrons. The van der Waals surface area contributed by atoms with E-state index in [0.717, 1.165) is 24.0 Å². The molecule has 2 rings (SSSR count).